The van der Waals surface area contributed by atoms with Crippen LogP contribution in [0.5, 0.6) is 0 Å². The normalized spacial score (nSPS) is 17.8. The standard InChI is InChI=1S/C27H33N7O2/c1-32(21-6-11-35-12-7-21)17-19-3-2-4-20(15-19)25-16-23(26-27(28)29-18-31-34(25)26)24-5-10-30-33(24)22-8-13-36-14-9-22/h2-5,10,15-16,18,21-22H,6-9,11-14,17H2,1H3,(H2,28,29,31). The fourth-order valence-electron chi connectivity index (χ4n) is 5.59. The van der Waals surface area contributed by atoms with Gasteiger partial charge < -0.3 is 15.2 Å². The molecular formula is C27H33N7O2. The molecule has 0 atom stereocenters. The van der Waals surface area contributed by atoms with Gasteiger partial charge in [-0.15, -0.1) is 0 Å². The zero-order valence-electron chi connectivity index (χ0n) is 20.7. The highest BCUT2D eigenvalue weighted by Crippen LogP contribution is 2.37. The zero-order chi connectivity index (χ0) is 24.5. The second kappa shape index (κ2) is 10.0. The third kappa shape index (κ3) is 4.38. The van der Waals surface area contributed by atoms with Crippen LogP contribution in [0.1, 0.15) is 37.3 Å². The molecule has 0 bridgehead atoms. The van der Waals surface area contributed by atoms with Crippen LogP contribution in [-0.2, 0) is 16.0 Å². The summed E-state index contributed by atoms with van der Waals surface area (Å²) in [7, 11) is 2.21. The van der Waals surface area contributed by atoms with Gasteiger partial charge in [0.1, 0.15) is 11.8 Å². The van der Waals surface area contributed by atoms with Crippen LogP contribution in [0.3, 0.4) is 0 Å². The van der Waals surface area contributed by atoms with E-state index in [1.807, 2.05) is 10.7 Å². The molecule has 188 valence electrons. The van der Waals surface area contributed by atoms with Crippen molar-refractivity contribution in [3.8, 4) is 22.5 Å². The summed E-state index contributed by atoms with van der Waals surface area (Å²) in [6, 6.07) is 13.8. The Morgan fingerprint density at radius 3 is 2.56 bits per heavy atom. The van der Waals surface area contributed by atoms with Crippen LogP contribution in [0.25, 0.3) is 28.0 Å². The molecule has 9 heteroatoms. The van der Waals surface area contributed by atoms with Gasteiger partial charge >= 0.3 is 0 Å². The molecular weight excluding hydrogens is 454 g/mol. The summed E-state index contributed by atoms with van der Waals surface area (Å²) in [4.78, 5) is 6.76. The van der Waals surface area contributed by atoms with E-state index in [1.165, 1.54) is 11.9 Å². The van der Waals surface area contributed by atoms with E-state index in [0.717, 1.165) is 86.7 Å². The molecule has 9 nitrogen and oxygen atoms in total. The van der Waals surface area contributed by atoms with Gasteiger partial charge in [0.05, 0.1) is 17.4 Å². The van der Waals surface area contributed by atoms with Crippen LogP contribution in [0.15, 0.2) is 48.9 Å². The van der Waals surface area contributed by atoms with Gasteiger partial charge in [0.2, 0.25) is 0 Å². The summed E-state index contributed by atoms with van der Waals surface area (Å²) in [5.74, 6) is 0.460. The van der Waals surface area contributed by atoms with Crippen molar-refractivity contribution in [2.45, 2.75) is 44.3 Å². The highest BCUT2D eigenvalue weighted by atomic mass is 16.5. The van der Waals surface area contributed by atoms with Gasteiger partial charge in [-0.25, -0.2) is 9.50 Å². The van der Waals surface area contributed by atoms with Crippen molar-refractivity contribution in [1.82, 2.24) is 29.3 Å². The SMILES string of the molecule is CN(Cc1cccc(-c2cc(-c3ccnn3C3CCOCC3)c3c(N)ncnn23)c1)C1CCOCC1. The number of benzene rings is 1. The van der Waals surface area contributed by atoms with Crippen LogP contribution in [0.2, 0.25) is 0 Å². The maximum Gasteiger partial charge on any atom is 0.152 e. The Bertz CT molecular complexity index is 1340. The molecule has 2 aliphatic heterocycles. The van der Waals surface area contributed by atoms with Crippen molar-refractivity contribution >= 4 is 11.3 Å². The second-order valence-electron chi connectivity index (χ2n) is 9.81. The Morgan fingerprint density at radius 2 is 1.75 bits per heavy atom. The molecule has 4 aromatic rings. The van der Waals surface area contributed by atoms with Crippen LogP contribution >= 0.6 is 0 Å². The van der Waals surface area contributed by atoms with Crippen molar-refractivity contribution in [2.75, 3.05) is 39.2 Å². The lowest BCUT2D eigenvalue weighted by molar-refractivity contribution is 0.0407. The molecule has 2 N–H and O–H groups in total. The third-order valence-electron chi connectivity index (χ3n) is 7.53. The number of fused-ring (bicyclic) bond motifs is 1. The zero-order valence-corrected chi connectivity index (χ0v) is 20.7. The first-order valence-corrected chi connectivity index (χ1v) is 12.8. The van der Waals surface area contributed by atoms with Crippen molar-refractivity contribution in [2.24, 2.45) is 0 Å². The van der Waals surface area contributed by atoms with Gasteiger partial charge in [-0.05, 0) is 56.5 Å². The third-order valence-corrected chi connectivity index (χ3v) is 7.53. The highest BCUT2D eigenvalue weighted by molar-refractivity contribution is 5.90. The number of rotatable bonds is 6. The minimum Gasteiger partial charge on any atom is -0.382 e. The van der Waals surface area contributed by atoms with Crippen LogP contribution in [0.4, 0.5) is 5.82 Å². The van der Waals surface area contributed by atoms with E-state index in [4.69, 9.17) is 15.2 Å². The molecule has 0 aliphatic carbocycles. The quantitative estimate of drug-likeness (QED) is 0.442. The van der Waals surface area contributed by atoms with Crippen LogP contribution < -0.4 is 5.73 Å². The van der Waals surface area contributed by atoms with Gasteiger partial charge in [-0.2, -0.15) is 10.2 Å². The predicted octanol–water partition coefficient (Wildman–Crippen LogP) is 3.80. The van der Waals surface area contributed by atoms with Crippen molar-refractivity contribution in [1.29, 1.82) is 0 Å². The van der Waals surface area contributed by atoms with Crippen LogP contribution in [0, 0.1) is 0 Å². The van der Waals surface area contributed by atoms with E-state index in [0.29, 0.717) is 17.9 Å². The number of ether oxygens (including phenoxy) is 2. The van der Waals surface area contributed by atoms with E-state index in [2.05, 4.69) is 68.2 Å². The summed E-state index contributed by atoms with van der Waals surface area (Å²) in [5, 5.41) is 9.29. The molecule has 2 saturated heterocycles. The molecule has 2 fully saturated rings. The Labute approximate surface area is 210 Å². The smallest absolute Gasteiger partial charge is 0.152 e. The monoisotopic (exact) mass is 487 g/mol. The average Bonchev–Trinajstić information content (AvgIpc) is 3.56. The Balaban J connectivity index is 1.38. The first kappa shape index (κ1) is 23.1. The average molecular weight is 488 g/mol. The Hall–Kier alpha value is -3.27. The predicted molar refractivity (Wildman–Crippen MR) is 138 cm³/mol. The van der Waals surface area contributed by atoms with E-state index in [1.54, 1.807) is 0 Å². The largest absolute Gasteiger partial charge is 0.382 e. The number of nitrogens with two attached hydrogens (primary N) is 1. The lowest BCUT2D eigenvalue weighted by Gasteiger charge is -2.31. The van der Waals surface area contributed by atoms with Crippen molar-refractivity contribution in [3.63, 3.8) is 0 Å². The topological polar surface area (TPSA) is 95.7 Å². The number of hydrogen-bond acceptors (Lipinski definition) is 7. The van der Waals surface area contributed by atoms with E-state index < -0.39 is 0 Å². The lowest BCUT2D eigenvalue weighted by atomic mass is 10.0. The van der Waals surface area contributed by atoms with Crippen molar-refractivity contribution < 1.29 is 9.47 Å². The maximum atomic E-state index is 6.42. The van der Waals surface area contributed by atoms with Gasteiger partial charge in [0, 0.05) is 56.3 Å². The molecule has 36 heavy (non-hydrogen) atoms. The minimum absolute atomic E-state index is 0.303. The van der Waals surface area contributed by atoms with E-state index >= 15 is 0 Å². The van der Waals surface area contributed by atoms with Gasteiger partial charge in [-0.3, -0.25) is 9.58 Å². The maximum absolute atomic E-state index is 6.42. The van der Waals surface area contributed by atoms with E-state index in [-0.39, 0.29) is 0 Å². The van der Waals surface area contributed by atoms with Gasteiger partial charge in [0.15, 0.2) is 5.82 Å². The molecule has 0 spiro atoms. The molecule has 1 aromatic carbocycles. The van der Waals surface area contributed by atoms with E-state index in [9.17, 15) is 0 Å². The number of anilines is 1. The molecule has 5 heterocycles. The summed E-state index contributed by atoms with van der Waals surface area (Å²) < 4.78 is 15.2. The summed E-state index contributed by atoms with van der Waals surface area (Å²) in [6.07, 6.45) is 7.44. The summed E-state index contributed by atoms with van der Waals surface area (Å²) in [6.45, 7) is 4.10. The first-order valence-electron chi connectivity index (χ1n) is 12.8. The Kier molecular flexibility index (Phi) is 6.43. The number of nitrogen functional groups attached to an aromatic ring is 1. The number of hydrogen-bond donors (Lipinski definition) is 1. The molecule has 0 amide bonds. The molecule has 2 aliphatic rings. The van der Waals surface area contributed by atoms with Gasteiger partial charge in [-0.1, -0.05) is 18.2 Å². The molecule has 3 aromatic heterocycles. The number of aromatic nitrogens is 5. The molecule has 0 unspecified atom stereocenters. The fraction of sp³-hybridized carbons (Fsp3) is 0.444. The summed E-state index contributed by atoms with van der Waals surface area (Å²) in [5.41, 5.74) is 12.6. The lowest BCUT2D eigenvalue weighted by Crippen LogP contribution is -2.36. The van der Waals surface area contributed by atoms with Crippen molar-refractivity contribution in [3.05, 3.63) is 54.5 Å². The number of nitrogens with zero attached hydrogens (tertiary/aromatic N) is 6. The Morgan fingerprint density at radius 1 is 0.972 bits per heavy atom. The fourth-order valence-corrected chi connectivity index (χ4v) is 5.59. The van der Waals surface area contributed by atoms with Gasteiger partial charge in [0.25, 0.3) is 0 Å². The molecule has 6 rings (SSSR count). The summed E-state index contributed by atoms with van der Waals surface area (Å²) >= 11 is 0. The molecule has 0 saturated carbocycles. The minimum atomic E-state index is 0.303. The first-order chi connectivity index (χ1) is 17.7. The highest BCUT2D eigenvalue weighted by Gasteiger charge is 2.24. The second-order valence-corrected chi connectivity index (χ2v) is 9.81. The molecule has 0 radical (unpaired) electrons. The van der Waals surface area contributed by atoms with Crippen LogP contribution in [-0.4, -0.2) is 68.8 Å².